The second-order valence-corrected chi connectivity index (χ2v) is 4.99. The van der Waals surface area contributed by atoms with E-state index in [9.17, 15) is 4.79 Å². The number of carbonyl (C=O) groups is 1. The van der Waals surface area contributed by atoms with Crippen molar-refractivity contribution in [3.63, 3.8) is 0 Å². The number of anilines is 1. The lowest BCUT2D eigenvalue weighted by atomic mass is 10.2. The zero-order chi connectivity index (χ0) is 13.8. The van der Waals surface area contributed by atoms with Crippen LogP contribution in [0.25, 0.3) is 0 Å². The molecule has 0 aliphatic carbocycles. The molecule has 0 aliphatic rings. The summed E-state index contributed by atoms with van der Waals surface area (Å²) in [6.07, 6.45) is 2.58. The summed E-state index contributed by atoms with van der Waals surface area (Å²) >= 11 is 9.37. The summed E-state index contributed by atoms with van der Waals surface area (Å²) in [7, 11) is 0. The van der Waals surface area contributed by atoms with Gasteiger partial charge in [-0.3, -0.25) is 0 Å². The molecule has 1 aromatic heterocycles. The van der Waals surface area contributed by atoms with E-state index in [2.05, 4.69) is 31.2 Å². The fourth-order valence-corrected chi connectivity index (χ4v) is 2.03. The van der Waals surface area contributed by atoms with Crippen LogP contribution in [-0.2, 0) is 6.54 Å². The average molecular weight is 343 g/mol. The number of hydrogen-bond donors (Lipinski definition) is 2. The highest BCUT2D eigenvalue weighted by atomic mass is 79.9. The SMILES string of the molecule is O=C(O)c1cncnc1CNc1cc(Br)ccc1Cl. The van der Waals surface area contributed by atoms with Gasteiger partial charge in [0.25, 0.3) is 0 Å². The van der Waals surface area contributed by atoms with Crippen molar-refractivity contribution in [3.05, 3.63) is 51.5 Å². The van der Waals surface area contributed by atoms with Gasteiger partial charge in [-0.15, -0.1) is 0 Å². The van der Waals surface area contributed by atoms with Crippen molar-refractivity contribution in [3.8, 4) is 0 Å². The molecule has 0 spiro atoms. The number of rotatable bonds is 4. The minimum absolute atomic E-state index is 0.0705. The van der Waals surface area contributed by atoms with E-state index in [1.807, 2.05) is 12.1 Å². The summed E-state index contributed by atoms with van der Waals surface area (Å²) in [5, 5.41) is 12.6. The van der Waals surface area contributed by atoms with E-state index in [0.717, 1.165) is 4.47 Å². The van der Waals surface area contributed by atoms with Crippen LogP contribution in [0.15, 0.2) is 35.2 Å². The van der Waals surface area contributed by atoms with Gasteiger partial charge >= 0.3 is 5.97 Å². The number of benzene rings is 1. The third kappa shape index (κ3) is 3.42. The van der Waals surface area contributed by atoms with Crippen molar-refractivity contribution in [2.45, 2.75) is 6.54 Å². The lowest BCUT2D eigenvalue weighted by molar-refractivity contribution is 0.0694. The van der Waals surface area contributed by atoms with E-state index in [1.165, 1.54) is 12.5 Å². The number of aromatic nitrogens is 2. The quantitative estimate of drug-likeness (QED) is 0.892. The van der Waals surface area contributed by atoms with Crippen molar-refractivity contribution in [2.24, 2.45) is 0 Å². The van der Waals surface area contributed by atoms with E-state index in [4.69, 9.17) is 16.7 Å². The summed E-state index contributed by atoms with van der Waals surface area (Å²) in [6, 6.07) is 5.37. The minimum atomic E-state index is -1.06. The zero-order valence-corrected chi connectivity index (χ0v) is 11.9. The topological polar surface area (TPSA) is 75.1 Å². The number of carboxylic acid groups (broad SMARTS) is 1. The third-order valence-corrected chi connectivity index (χ3v) is 3.22. The van der Waals surface area contributed by atoms with Crippen LogP contribution in [0.3, 0.4) is 0 Å². The van der Waals surface area contributed by atoms with Crippen molar-refractivity contribution in [1.29, 1.82) is 0 Å². The lowest BCUT2D eigenvalue weighted by Gasteiger charge is -2.09. The van der Waals surface area contributed by atoms with Gasteiger partial charge in [0.1, 0.15) is 11.9 Å². The van der Waals surface area contributed by atoms with Crippen LogP contribution in [0, 0.1) is 0 Å². The summed E-state index contributed by atoms with van der Waals surface area (Å²) in [5.74, 6) is -1.06. The van der Waals surface area contributed by atoms with E-state index in [-0.39, 0.29) is 12.1 Å². The molecular formula is C12H9BrClN3O2. The van der Waals surface area contributed by atoms with Crippen molar-refractivity contribution < 1.29 is 9.90 Å². The highest BCUT2D eigenvalue weighted by Gasteiger charge is 2.11. The summed E-state index contributed by atoms with van der Waals surface area (Å²) in [6.45, 7) is 0.250. The predicted octanol–water partition coefficient (Wildman–Crippen LogP) is 3.20. The van der Waals surface area contributed by atoms with Gasteiger partial charge in [0.05, 0.1) is 22.9 Å². The van der Waals surface area contributed by atoms with Crippen LogP contribution in [0.4, 0.5) is 5.69 Å². The largest absolute Gasteiger partial charge is 0.478 e. The second-order valence-electron chi connectivity index (χ2n) is 3.67. The molecule has 1 aromatic carbocycles. The Morgan fingerprint density at radius 1 is 1.47 bits per heavy atom. The van der Waals surface area contributed by atoms with Gasteiger partial charge in [0.2, 0.25) is 0 Å². The first-order valence-corrected chi connectivity index (χ1v) is 6.46. The Morgan fingerprint density at radius 2 is 2.26 bits per heavy atom. The van der Waals surface area contributed by atoms with Crippen LogP contribution in [0.1, 0.15) is 16.1 Å². The Morgan fingerprint density at radius 3 is 3.00 bits per heavy atom. The molecule has 7 heteroatoms. The van der Waals surface area contributed by atoms with Gasteiger partial charge in [-0.05, 0) is 18.2 Å². The van der Waals surface area contributed by atoms with Crippen molar-refractivity contribution in [2.75, 3.05) is 5.32 Å². The fourth-order valence-electron chi connectivity index (χ4n) is 1.49. The molecule has 0 fully saturated rings. The Labute approximate surface area is 122 Å². The van der Waals surface area contributed by atoms with Gasteiger partial charge in [0.15, 0.2) is 0 Å². The van der Waals surface area contributed by atoms with Gasteiger partial charge in [-0.2, -0.15) is 0 Å². The minimum Gasteiger partial charge on any atom is -0.478 e. The van der Waals surface area contributed by atoms with Crippen molar-refractivity contribution in [1.82, 2.24) is 9.97 Å². The highest BCUT2D eigenvalue weighted by Crippen LogP contribution is 2.26. The van der Waals surface area contributed by atoms with Gasteiger partial charge in [-0.25, -0.2) is 14.8 Å². The third-order valence-electron chi connectivity index (χ3n) is 2.40. The molecule has 0 unspecified atom stereocenters. The Bertz CT molecular complexity index is 622. The fraction of sp³-hybridized carbons (Fsp3) is 0.0833. The monoisotopic (exact) mass is 341 g/mol. The normalized spacial score (nSPS) is 10.2. The van der Waals surface area contributed by atoms with Crippen LogP contribution >= 0.6 is 27.5 Å². The molecule has 2 aromatic rings. The Hall–Kier alpha value is -1.66. The molecule has 0 atom stereocenters. The molecular weight excluding hydrogens is 334 g/mol. The molecule has 2 rings (SSSR count). The average Bonchev–Trinajstić information content (AvgIpc) is 2.40. The molecule has 1 heterocycles. The van der Waals surface area contributed by atoms with Gasteiger partial charge in [-0.1, -0.05) is 27.5 Å². The molecule has 0 aliphatic heterocycles. The number of aromatic carboxylic acids is 1. The number of halogens is 2. The van der Waals surface area contributed by atoms with Crippen LogP contribution in [0.5, 0.6) is 0 Å². The Balaban J connectivity index is 2.19. The van der Waals surface area contributed by atoms with E-state index >= 15 is 0 Å². The molecule has 0 saturated heterocycles. The smallest absolute Gasteiger partial charge is 0.339 e. The number of hydrogen-bond acceptors (Lipinski definition) is 4. The first kappa shape index (κ1) is 13.8. The summed E-state index contributed by atoms with van der Waals surface area (Å²) in [5.41, 5.74) is 1.17. The second kappa shape index (κ2) is 5.99. The molecule has 0 saturated carbocycles. The highest BCUT2D eigenvalue weighted by molar-refractivity contribution is 9.10. The number of nitrogens with zero attached hydrogens (tertiary/aromatic N) is 2. The molecule has 5 nitrogen and oxygen atoms in total. The van der Waals surface area contributed by atoms with Gasteiger partial charge < -0.3 is 10.4 Å². The van der Waals surface area contributed by atoms with E-state index < -0.39 is 5.97 Å². The van der Waals surface area contributed by atoms with E-state index in [0.29, 0.717) is 16.4 Å². The van der Waals surface area contributed by atoms with Crippen LogP contribution in [-0.4, -0.2) is 21.0 Å². The predicted molar refractivity (Wildman–Crippen MR) is 75.5 cm³/mol. The number of nitrogens with one attached hydrogen (secondary N) is 1. The molecule has 2 N–H and O–H groups in total. The maximum Gasteiger partial charge on any atom is 0.339 e. The maximum absolute atomic E-state index is 11.0. The van der Waals surface area contributed by atoms with E-state index in [1.54, 1.807) is 6.07 Å². The van der Waals surface area contributed by atoms with Crippen LogP contribution in [0.2, 0.25) is 5.02 Å². The Kier molecular flexibility index (Phi) is 4.34. The molecule has 0 amide bonds. The standard InChI is InChI=1S/C12H9BrClN3O2/c13-7-1-2-9(14)10(3-7)16-5-11-8(12(18)19)4-15-6-17-11/h1-4,6,16H,5H2,(H,18,19). The number of carboxylic acids is 1. The summed E-state index contributed by atoms with van der Waals surface area (Å²) < 4.78 is 0.876. The maximum atomic E-state index is 11.0. The van der Waals surface area contributed by atoms with Gasteiger partial charge in [0, 0.05) is 10.7 Å². The van der Waals surface area contributed by atoms with Crippen molar-refractivity contribution >= 4 is 39.2 Å². The molecule has 19 heavy (non-hydrogen) atoms. The molecule has 0 radical (unpaired) electrons. The molecule has 0 bridgehead atoms. The van der Waals surface area contributed by atoms with Crippen LogP contribution < -0.4 is 5.32 Å². The zero-order valence-electron chi connectivity index (χ0n) is 9.60. The molecule has 98 valence electrons. The summed E-state index contributed by atoms with van der Waals surface area (Å²) in [4.78, 5) is 18.7. The first-order chi connectivity index (χ1) is 9.08. The lowest BCUT2D eigenvalue weighted by Crippen LogP contribution is -2.10. The first-order valence-electron chi connectivity index (χ1n) is 5.29.